The molecule has 2 unspecified atom stereocenters. The molecular formula is C32H37Cl2N3O2. The summed E-state index contributed by atoms with van der Waals surface area (Å²) < 4.78 is 5.99. The van der Waals surface area contributed by atoms with E-state index in [-0.39, 0.29) is 11.8 Å². The van der Waals surface area contributed by atoms with Crippen molar-refractivity contribution in [1.82, 2.24) is 10.3 Å². The van der Waals surface area contributed by atoms with Crippen LogP contribution in [-0.4, -0.2) is 30.6 Å². The predicted octanol–water partition coefficient (Wildman–Crippen LogP) is 8.21. The second-order valence-electron chi connectivity index (χ2n) is 10.1. The number of carbonyl (C=O) groups is 1. The number of aromatic amines is 1. The van der Waals surface area contributed by atoms with Crippen LogP contribution in [0.1, 0.15) is 56.4 Å². The van der Waals surface area contributed by atoms with Gasteiger partial charge in [-0.2, -0.15) is 0 Å². The molecule has 0 spiro atoms. The van der Waals surface area contributed by atoms with E-state index < -0.39 is 0 Å². The summed E-state index contributed by atoms with van der Waals surface area (Å²) in [4.78, 5) is 15.1. The number of ether oxygens (including phenoxy) is 1. The molecule has 1 aromatic heterocycles. The molecule has 0 saturated heterocycles. The Morgan fingerprint density at radius 3 is 2.41 bits per heavy atom. The SMILES string of the molecule is CCC(=O)NCC(C)CCOc1ccc(C(C)c2[nH]c3ccc(Cl)cc3c2CCNc2ccc(Cl)cc2)cc1. The number of rotatable bonds is 13. The van der Waals surface area contributed by atoms with Crippen molar-refractivity contribution in [2.45, 2.75) is 46.0 Å². The van der Waals surface area contributed by atoms with Crippen LogP contribution >= 0.6 is 23.2 Å². The minimum absolute atomic E-state index is 0.0894. The number of anilines is 1. The second kappa shape index (κ2) is 13.8. The minimum atomic E-state index is 0.0894. The Kier molecular flexibility index (Phi) is 10.2. The van der Waals surface area contributed by atoms with Gasteiger partial charge in [-0.05, 0) is 84.5 Å². The number of hydrogen-bond acceptors (Lipinski definition) is 3. The van der Waals surface area contributed by atoms with Gasteiger partial charge in [0.05, 0.1) is 6.61 Å². The average molecular weight is 567 g/mol. The summed E-state index contributed by atoms with van der Waals surface area (Å²) >= 11 is 12.4. The summed E-state index contributed by atoms with van der Waals surface area (Å²) in [6.07, 6.45) is 2.25. The zero-order valence-corrected chi connectivity index (χ0v) is 24.3. The predicted molar refractivity (Wildman–Crippen MR) is 163 cm³/mol. The highest BCUT2D eigenvalue weighted by molar-refractivity contribution is 6.31. The molecule has 5 nitrogen and oxygen atoms in total. The molecule has 0 aliphatic rings. The van der Waals surface area contributed by atoms with Gasteiger partial charge in [0.1, 0.15) is 5.75 Å². The van der Waals surface area contributed by atoms with Crippen molar-refractivity contribution in [3.8, 4) is 5.75 Å². The van der Waals surface area contributed by atoms with Crippen molar-refractivity contribution in [3.63, 3.8) is 0 Å². The smallest absolute Gasteiger partial charge is 0.219 e. The van der Waals surface area contributed by atoms with Crippen LogP contribution in [0.15, 0.2) is 66.7 Å². The molecule has 1 heterocycles. The van der Waals surface area contributed by atoms with Gasteiger partial charge in [-0.1, -0.05) is 56.1 Å². The number of H-pyrrole nitrogens is 1. The van der Waals surface area contributed by atoms with Gasteiger partial charge in [0.15, 0.2) is 0 Å². The van der Waals surface area contributed by atoms with Gasteiger partial charge in [0.25, 0.3) is 0 Å². The quantitative estimate of drug-likeness (QED) is 0.153. The number of nitrogens with one attached hydrogen (secondary N) is 3. The molecule has 1 amide bonds. The maximum Gasteiger partial charge on any atom is 0.219 e. The van der Waals surface area contributed by atoms with E-state index in [1.807, 2.05) is 55.5 Å². The first-order valence-corrected chi connectivity index (χ1v) is 14.4. The standard InChI is InChI=1S/C32H37Cl2N3O2/c1-4-31(38)36-20-21(2)16-18-39-27-12-5-23(6-13-27)22(3)32-28(29-19-25(34)9-14-30(29)37-32)15-17-35-26-10-7-24(33)8-11-26/h5-14,19,21-22,35,37H,4,15-18,20H2,1-3H3,(H,36,38). The number of halogens is 2. The lowest BCUT2D eigenvalue weighted by molar-refractivity contribution is -0.120. The van der Waals surface area contributed by atoms with E-state index in [0.29, 0.717) is 25.5 Å². The third kappa shape index (κ3) is 7.93. The van der Waals surface area contributed by atoms with Gasteiger partial charge >= 0.3 is 0 Å². The van der Waals surface area contributed by atoms with Crippen molar-refractivity contribution in [2.75, 3.05) is 25.0 Å². The van der Waals surface area contributed by atoms with Gasteiger partial charge in [-0.15, -0.1) is 0 Å². The van der Waals surface area contributed by atoms with Gasteiger partial charge in [0.2, 0.25) is 5.91 Å². The second-order valence-corrected chi connectivity index (χ2v) is 11.0. The first-order valence-electron chi connectivity index (χ1n) is 13.6. The van der Waals surface area contributed by atoms with E-state index in [1.54, 1.807) is 0 Å². The molecule has 206 valence electrons. The van der Waals surface area contributed by atoms with E-state index in [4.69, 9.17) is 27.9 Å². The van der Waals surface area contributed by atoms with Crippen molar-refractivity contribution in [3.05, 3.63) is 93.6 Å². The van der Waals surface area contributed by atoms with Crippen LogP contribution in [0.25, 0.3) is 10.9 Å². The Hall–Kier alpha value is -3.15. The Morgan fingerprint density at radius 1 is 0.974 bits per heavy atom. The molecule has 4 aromatic rings. The van der Waals surface area contributed by atoms with Crippen LogP contribution in [0.4, 0.5) is 5.69 Å². The number of fused-ring (bicyclic) bond motifs is 1. The first kappa shape index (κ1) is 28.8. The molecule has 0 saturated carbocycles. The number of hydrogen-bond donors (Lipinski definition) is 3. The highest BCUT2D eigenvalue weighted by Crippen LogP contribution is 2.34. The van der Waals surface area contributed by atoms with Gasteiger partial charge in [-0.3, -0.25) is 4.79 Å². The van der Waals surface area contributed by atoms with Crippen LogP contribution < -0.4 is 15.4 Å². The van der Waals surface area contributed by atoms with E-state index in [9.17, 15) is 4.79 Å². The van der Waals surface area contributed by atoms with Crippen molar-refractivity contribution < 1.29 is 9.53 Å². The summed E-state index contributed by atoms with van der Waals surface area (Å²) in [5.41, 5.74) is 5.81. The highest BCUT2D eigenvalue weighted by Gasteiger charge is 2.19. The zero-order valence-electron chi connectivity index (χ0n) is 22.8. The van der Waals surface area contributed by atoms with Crippen LogP contribution in [0, 0.1) is 5.92 Å². The molecule has 0 bridgehead atoms. The number of carbonyl (C=O) groups excluding carboxylic acids is 1. The maximum atomic E-state index is 11.5. The minimum Gasteiger partial charge on any atom is -0.494 e. The van der Waals surface area contributed by atoms with Crippen molar-refractivity contribution in [1.29, 1.82) is 0 Å². The van der Waals surface area contributed by atoms with Gasteiger partial charge in [-0.25, -0.2) is 0 Å². The first-order chi connectivity index (χ1) is 18.8. The third-order valence-corrected chi connectivity index (χ3v) is 7.60. The molecule has 4 rings (SSSR count). The number of benzene rings is 3. The highest BCUT2D eigenvalue weighted by atomic mass is 35.5. The number of amides is 1. The van der Waals surface area contributed by atoms with Crippen molar-refractivity contribution in [2.24, 2.45) is 5.92 Å². The Morgan fingerprint density at radius 2 is 1.69 bits per heavy atom. The molecule has 7 heteroatoms. The number of aromatic nitrogens is 1. The summed E-state index contributed by atoms with van der Waals surface area (Å²) in [6.45, 7) is 8.30. The molecule has 39 heavy (non-hydrogen) atoms. The van der Waals surface area contributed by atoms with Crippen LogP contribution in [0.2, 0.25) is 10.0 Å². The summed E-state index contributed by atoms with van der Waals surface area (Å²) in [7, 11) is 0. The average Bonchev–Trinajstić information content (AvgIpc) is 3.30. The maximum absolute atomic E-state index is 11.5. The molecule has 0 radical (unpaired) electrons. The van der Waals surface area contributed by atoms with E-state index >= 15 is 0 Å². The Balaban J connectivity index is 1.42. The molecule has 0 aliphatic heterocycles. The molecule has 0 aliphatic carbocycles. The van der Waals surface area contributed by atoms with E-state index in [1.165, 1.54) is 16.8 Å². The summed E-state index contributed by atoms with van der Waals surface area (Å²) in [5, 5.41) is 9.07. The lowest BCUT2D eigenvalue weighted by Gasteiger charge is -2.16. The third-order valence-electron chi connectivity index (χ3n) is 7.11. The lowest BCUT2D eigenvalue weighted by Crippen LogP contribution is -2.28. The van der Waals surface area contributed by atoms with E-state index in [2.05, 4.69) is 47.7 Å². The fourth-order valence-corrected chi connectivity index (χ4v) is 4.99. The Labute approximate surface area is 241 Å². The summed E-state index contributed by atoms with van der Waals surface area (Å²) in [5.74, 6) is 1.47. The molecule has 3 aromatic carbocycles. The van der Waals surface area contributed by atoms with Crippen LogP contribution in [-0.2, 0) is 11.2 Å². The molecule has 2 atom stereocenters. The topological polar surface area (TPSA) is 66.1 Å². The lowest BCUT2D eigenvalue weighted by atomic mass is 9.93. The fourth-order valence-electron chi connectivity index (χ4n) is 4.69. The largest absolute Gasteiger partial charge is 0.494 e. The molecule has 0 fully saturated rings. The normalized spacial score (nSPS) is 12.7. The fraction of sp³-hybridized carbons (Fsp3) is 0.344. The monoisotopic (exact) mass is 565 g/mol. The van der Waals surface area contributed by atoms with Crippen LogP contribution in [0.5, 0.6) is 5.75 Å². The van der Waals surface area contributed by atoms with Crippen LogP contribution in [0.3, 0.4) is 0 Å². The van der Waals surface area contributed by atoms with Gasteiger partial charge in [0, 0.05) is 57.8 Å². The van der Waals surface area contributed by atoms with Crippen molar-refractivity contribution >= 4 is 45.7 Å². The van der Waals surface area contributed by atoms with E-state index in [0.717, 1.165) is 51.8 Å². The molecular weight excluding hydrogens is 529 g/mol. The van der Waals surface area contributed by atoms with Gasteiger partial charge < -0.3 is 20.4 Å². The Bertz CT molecular complexity index is 1370. The zero-order chi connectivity index (χ0) is 27.8. The summed E-state index contributed by atoms with van der Waals surface area (Å²) in [6, 6.07) is 22.1. The molecule has 3 N–H and O–H groups in total.